The van der Waals surface area contributed by atoms with Gasteiger partial charge in [0.15, 0.2) is 0 Å². The van der Waals surface area contributed by atoms with Crippen LogP contribution >= 0.6 is 15.9 Å². The molecule has 0 spiro atoms. The van der Waals surface area contributed by atoms with Gasteiger partial charge in [0.2, 0.25) is 0 Å². The molecule has 1 amide bonds. The predicted molar refractivity (Wildman–Crippen MR) is 76.5 cm³/mol. The SMILES string of the molecule is NCC1(Nc2cccc(Br)c2C(N)=O)CCCC1. The van der Waals surface area contributed by atoms with Crippen LogP contribution in [0.2, 0.25) is 0 Å². The van der Waals surface area contributed by atoms with Gasteiger partial charge in [0.1, 0.15) is 0 Å². The van der Waals surface area contributed by atoms with Crippen LogP contribution < -0.4 is 16.8 Å². The van der Waals surface area contributed by atoms with E-state index in [-0.39, 0.29) is 5.54 Å². The molecule has 98 valence electrons. The molecule has 0 heterocycles. The number of halogens is 1. The van der Waals surface area contributed by atoms with E-state index in [0.29, 0.717) is 16.6 Å². The van der Waals surface area contributed by atoms with E-state index in [0.717, 1.165) is 18.5 Å². The molecule has 5 N–H and O–H groups in total. The quantitative estimate of drug-likeness (QED) is 0.797. The van der Waals surface area contributed by atoms with E-state index >= 15 is 0 Å². The summed E-state index contributed by atoms with van der Waals surface area (Å²) in [6, 6.07) is 5.58. The zero-order valence-corrected chi connectivity index (χ0v) is 11.8. The van der Waals surface area contributed by atoms with Gasteiger partial charge in [0.05, 0.1) is 5.56 Å². The van der Waals surface area contributed by atoms with Gasteiger partial charge in [-0.1, -0.05) is 18.9 Å². The second-order valence-electron chi connectivity index (χ2n) is 4.84. The normalized spacial score (nSPS) is 17.7. The standard InChI is InChI=1S/C13H18BrN3O/c14-9-4-3-5-10(11(9)12(16)18)17-13(8-15)6-1-2-7-13/h3-5,17H,1-2,6-8,15H2,(H2,16,18). The van der Waals surface area contributed by atoms with E-state index in [1.807, 2.05) is 18.2 Å². The fourth-order valence-corrected chi connectivity index (χ4v) is 3.16. The van der Waals surface area contributed by atoms with E-state index in [1.165, 1.54) is 12.8 Å². The Kier molecular flexibility index (Phi) is 3.92. The molecule has 0 bridgehead atoms. The molecule has 1 aromatic rings. The van der Waals surface area contributed by atoms with Gasteiger partial charge in [-0.15, -0.1) is 0 Å². The van der Waals surface area contributed by atoms with E-state index in [2.05, 4.69) is 21.2 Å². The molecule has 0 saturated heterocycles. The molecule has 1 aliphatic rings. The maximum Gasteiger partial charge on any atom is 0.251 e. The van der Waals surface area contributed by atoms with Crippen molar-refractivity contribution < 1.29 is 4.79 Å². The number of nitrogens with two attached hydrogens (primary N) is 2. The average molecular weight is 312 g/mol. The lowest BCUT2D eigenvalue weighted by Crippen LogP contribution is -2.43. The molecule has 18 heavy (non-hydrogen) atoms. The Labute approximate surface area is 115 Å². The topological polar surface area (TPSA) is 81.1 Å². The summed E-state index contributed by atoms with van der Waals surface area (Å²) < 4.78 is 0.713. The number of anilines is 1. The summed E-state index contributed by atoms with van der Waals surface area (Å²) in [5.74, 6) is -0.435. The highest BCUT2D eigenvalue weighted by Gasteiger charge is 2.33. The van der Waals surface area contributed by atoms with Gasteiger partial charge in [-0.05, 0) is 40.9 Å². The number of nitrogens with one attached hydrogen (secondary N) is 1. The lowest BCUT2D eigenvalue weighted by molar-refractivity contribution is 0.1000. The van der Waals surface area contributed by atoms with Crippen molar-refractivity contribution in [3.63, 3.8) is 0 Å². The highest BCUT2D eigenvalue weighted by molar-refractivity contribution is 9.10. The summed E-state index contributed by atoms with van der Waals surface area (Å²) >= 11 is 3.36. The Morgan fingerprint density at radius 3 is 2.61 bits per heavy atom. The third kappa shape index (κ3) is 2.52. The molecule has 1 saturated carbocycles. The monoisotopic (exact) mass is 311 g/mol. The Bertz CT molecular complexity index is 456. The Balaban J connectivity index is 2.34. The number of primary amides is 1. The van der Waals surface area contributed by atoms with Crippen molar-refractivity contribution in [2.45, 2.75) is 31.2 Å². The first kappa shape index (κ1) is 13.4. The number of benzene rings is 1. The van der Waals surface area contributed by atoms with Crippen LogP contribution in [0.5, 0.6) is 0 Å². The molecule has 0 aromatic heterocycles. The van der Waals surface area contributed by atoms with E-state index < -0.39 is 5.91 Å². The van der Waals surface area contributed by atoms with Crippen molar-refractivity contribution in [3.8, 4) is 0 Å². The molecule has 0 aliphatic heterocycles. The van der Waals surface area contributed by atoms with E-state index in [9.17, 15) is 4.79 Å². The first-order valence-electron chi connectivity index (χ1n) is 6.14. The molecule has 1 aliphatic carbocycles. The minimum atomic E-state index is -0.435. The maximum absolute atomic E-state index is 11.5. The van der Waals surface area contributed by atoms with Crippen LogP contribution in [-0.2, 0) is 0 Å². The van der Waals surface area contributed by atoms with Crippen molar-refractivity contribution in [2.75, 3.05) is 11.9 Å². The van der Waals surface area contributed by atoms with Gasteiger partial charge in [0, 0.05) is 22.2 Å². The zero-order chi connectivity index (χ0) is 13.2. The van der Waals surface area contributed by atoms with Crippen molar-refractivity contribution in [3.05, 3.63) is 28.2 Å². The highest BCUT2D eigenvalue weighted by Crippen LogP contribution is 2.34. The number of rotatable bonds is 4. The van der Waals surface area contributed by atoms with Crippen LogP contribution in [0.25, 0.3) is 0 Å². The minimum Gasteiger partial charge on any atom is -0.378 e. The first-order chi connectivity index (χ1) is 8.58. The van der Waals surface area contributed by atoms with Gasteiger partial charge in [0.25, 0.3) is 5.91 Å². The largest absolute Gasteiger partial charge is 0.378 e. The fraction of sp³-hybridized carbons (Fsp3) is 0.462. The van der Waals surface area contributed by atoms with Crippen LogP contribution in [0.1, 0.15) is 36.0 Å². The number of hydrogen-bond donors (Lipinski definition) is 3. The lowest BCUT2D eigenvalue weighted by Gasteiger charge is -2.31. The summed E-state index contributed by atoms with van der Waals surface area (Å²) in [4.78, 5) is 11.5. The smallest absolute Gasteiger partial charge is 0.251 e. The second-order valence-corrected chi connectivity index (χ2v) is 5.70. The van der Waals surface area contributed by atoms with Gasteiger partial charge in [-0.25, -0.2) is 0 Å². The summed E-state index contributed by atoms with van der Waals surface area (Å²) in [6.45, 7) is 0.567. The van der Waals surface area contributed by atoms with Crippen LogP contribution in [0.3, 0.4) is 0 Å². The van der Waals surface area contributed by atoms with Crippen LogP contribution in [0.4, 0.5) is 5.69 Å². The van der Waals surface area contributed by atoms with Crippen LogP contribution in [0, 0.1) is 0 Å². The van der Waals surface area contributed by atoms with Crippen molar-refractivity contribution >= 4 is 27.5 Å². The molecule has 1 fully saturated rings. The predicted octanol–water partition coefficient (Wildman–Crippen LogP) is 2.23. The van der Waals surface area contributed by atoms with Crippen molar-refractivity contribution in [1.29, 1.82) is 0 Å². The Morgan fingerprint density at radius 1 is 1.39 bits per heavy atom. The molecule has 0 radical (unpaired) electrons. The molecule has 0 unspecified atom stereocenters. The third-order valence-electron chi connectivity index (χ3n) is 3.61. The fourth-order valence-electron chi connectivity index (χ4n) is 2.60. The third-order valence-corrected chi connectivity index (χ3v) is 4.27. The highest BCUT2D eigenvalue weighted by atomic mass is 79.9. The molecule has 4 nitrogen and oxygen atoms in total. The first-order valence-corrected chi connectivity index (χ1v) is 6.94. The summed E-state index contributed by atoms with van der Waals surface area (Å²) in [7, 11) is 0. The van der Waals surface area contributed by atoms with Crippen molar-refractivity contribution in [1.82, 2.24) is 0 Å². The summed E-state index contributed by atoms with van der Waals surface area (Å²) in [6.07, 6.45) is 4.41. The second kappa shape index (κ2) is 5.28. The molecule has 5 heteroatoms. The van der Waals surface area contributed by atoms with Gasteiger partial charge >= 0.3 is 0 Å². The Hall–Kier alpha value is -1.07. The number of hydrogen-bond acceptors (Lipinski definition) is 3. The van der Waals surface area contributed by atoms with Crippen LogP contribution in [-0.4, -0.2) is 18.0 Å². The van der Waals surface area contributed by atoms with Crippen molar-refractivity contribution in [2.24, 2.45) is 11.5 Å². The van der Waals surface area contributed by atoms with Gasteiger partial charge < -0.3 is 16.8 Å². The molecular formula is C13H18BrN3O. The van der Waals surface area contributed by atoms with Crippen LogP contribution in [0.15, 0.2) is 22.7 Å². The van der Waals surface area contributed by atoms with Gasteiger partial charge in [-0.3, -0.25) is 4.79 Å². The molecule has 1 aromatic carbocycles. The molecule has 0 atom stereocenters. The minimum absolute atomic E-state index is 0.0923. The maximum atomic E-state index is 11.5. The number of carbonyl (C=O) groups excluding carboxylic acids is 1. The lowest BCUT2D eigenvalue weighted by atomic mass is 9.96. The molecule has 2 rings (SSSR count). The Morgan fingerprint density at radius 2 is 2.06 bits per heavy atom. The van der Waals surface area contributed by atoms with Gasteiger partial charge in [-0.2, -0.15) is 0 Å². The number of carbonyl (C=O) groups is 1. The summed E-state index contributed by atoms with van der Waals surface area (Å²) in [5, 5.41) is 3.44. The van der Waals surface area contributed by atoms with E-state index in [4.69, 9.17) is 11.5 Å². The number of amides is 1. The summed E-state index contributed by atoms with van der Waals surface area (Å²) in [5.41, 5.74) is 12.5. The van der Waals surface area contributed by atoms with E-state index in [1.54, 1.807) is 0 Å². The zero-order valence-electron chi connectivity index (χ0n) is 10.2. The molecular weight excluding hydrogens is 294 g/mol. The average Bonchev–Trinajstić information content (AvgIpc) is 2.78.